The Morgan fingerprint density at radius 3 is 2.35 bits per heavy atom. The Balaban J connectivity index is 2.11. The summed E-state index contributed by atoms with van der Waals surface area (Å²) in [5.74, 6) is -0.624. The molecule has 1 aromatic heterocycles. The van der Waals surface area contributed by atoms with Crippen LogP contribution in [0.2, 0.25) is 5.02 Å². The molecule has 0 saturated carbocycles. The summed E-state index contributed by atoms with van der Waals surface area (Å²) in [6.45, 7) is 1.90. The predicted octanol–water partition coefficient (Wildman–Crippen LogP) is 6.81. The minimum atomic E-state index is -0.312. The first-order chi connectivity index (χ1) is 12.5. The number of hydrogen-bond donors (Lipinski definition) is 0. The van der Waals surface area contributed by atoms with Crippen LogP contribution < -0.4 is 0 Å². The Morgan fingerprint density at radius 1 is 0.885 bits per heavy atom. The fraction of sp³-hybridized carbons (Fsp3) is 0.0455. The number of benzene rings is 3. The quantitative estimate of drug-likeness (QED) is 0.380. The third kappa shape index (κ3) is 2.85. The van der Waals surface area contributed by atoms with Gasteiger partial charge in [-0.1, -0.05) is 29.8 Å². The van der Waals surface area contributed by atoms with Crippen molar-refractivity contribution in [3.63, 3.8) is 0 Å². The van der Waals surface area contributed by atoms with E-state index in [9.17, 15) is 8.78 Å². The van der Waals surface area contributed by atoms with E-state index in [1.807, 2.05) is 13.0 Å². The van der Waals surface area contributed by atoms with Crippen LogP contribution in [0.1, 0.15) is 5.56 Å². The van der Waals surface area contributed by atoms with Gasteiger partial charge in [-0.15, -0.1) is 0 Å². The highest BCUT2D eigenvalue weighted by Crippen LogP contribution is 2.38. The lowest BCUT2D eigenvalue weighted by molar-refractivity contribution is 0.628. The molecule has 0 bridgehead atoms. The van der Waals surface area contributed by atoms with E-state index < -0.39 is 0 Å². The van der Waals surface area contributed by atoms with Gasteiger partial charge in [0.15, 0.2) is 0 Å². The lowest BCUT2D eigenvalue weighted by atomic mass is 9.92. The van der Waals surface area contributed by atoms with Gasteiger partial charge in [0.1, 0.15) is 11.6 Å². The van der Waals surface area contributed by atoms with Crippen molar-refractivity contribution in [2.24, 2.45) is 0 Å². The first-order valence-corrected chi connectivity index (χ1v) is 8.53. The normalized spacial score (nSPS) is 11.1. The molecule has 26 heavy (non-hydrogen) atoms. The Labute approximate surface area is 154 Å². The average Bonchev–Trinajstić information content (AvgIpc) is 2.63. The first-order valence-electron chi connectivity index (χ1n) is 8.15. The topological polar surface area (TPSA) is 12.9 Å². The molecule has 0 aliphatic carbocycles. The maximum absolute atomic E-state index is 14.6. The van der Waals surface area contributed by atoms with Gasteiger partial charge in [0.25, 0.3) is 0 Å². The van der Waals surface area contributed by atoms with Crippen molar-refractivity contribution in [1.82, 2.24) is 4.98 Å². The van der Waals surface area contributed by atoms with Gasteiger partial charge in [0, 0.05) is 21.5 Å². The number of fused-ring (bicyclic) bond motifs is 1. The Bertz CT molecular complexity index is 1120. The number of halogens is 3. The van der Waals surface area contributed by atoms with Crippen LogP contribution in [0.5, 0.6) is 0 Å². The summed E-state index contributed by atoms with van der Waals surface area (Å²) in [7, 11) is 0. The SMILES string of the molecule is Cc1c(-c2ccc(F)cc2)nc2ccc(Cl)cc2c1-c1ccccc1F. The summed E-state index contributed by atoms with van der Waals surface area (Å²) in [4.78, 5) is 4.73. The monoisotopic (exact) mass is 365 g/mol. The highest BCUT2D eigenvalue weighted by molar-refractivity contribution is 6.31. The molecule has 4 heteroatoms. The van der Waals surface area contributed by atoms with Gasteiger partial charge in [-0.25, -0.2) is 13.8 Å². The number of aromatic nitrogens is 1. The van der Waals surface area contributed by atoms with Crippen molar-refractivity contribution in [2.75, 3.05) is 0 Å². The van der Waals surface area contributed by atoms with Crippen LogP contribution in [0, 0.1) is 18.6 Å². The second-order valence-corrected chi connectivity index (χ2v) is 6.55. The van der Waals surface area contributed by atoms with E-state index >= 15 is 0 Å². The summed E-state index contributed by atoms with van der Waals surface area (Å²) >= 11 is 6.18. The lowest BCUT2D eigenvalue weighted by Crippen LogP contribution is -1.97. The predicted molar refractivity (Wildman–Crippen MR) is 102 cm³/mol. The molecule has 4 rings (SSSR count). The van der Waals surface area contributed by atoms with Crippen LogP contribution in [0.3, 0.4) is 0 Å². The lowest BCUT2D eigenvalue weighted by Gasteiger charge is -2.16. The number of rotatable bonds is 2. The smallest absolute Gasteiger partial charge is 0.131 e. The summed E-state index contributed by atoms with van der Waals surface area (Å²) in [6, 6.07) is 18.1. The van der Waals surface area contributed by atoms with E-state index in [1.54, 1.807) is 42.5 Å². The molecule has 0 fully saturated rings. The minimum absolute atomic E-state index is 0.312. The van der Waals surface area contributed by atoms with Gasteiger partial charge < -0.3 is 0 Å². The molecule has 0 unspecified atom stereocenters. The molecule has 0 spiro atoms. The van der Waals surface area contributed by atoms with E-state index in [-0.39, 0.29) is 11.6 Å². The zero-order valence-corrected chi connectivity index (χ0v) is 14.7. The molecular formula is C22H14ClF2N. The standard InChI is InChI=1S/C22H14ClF2N/c1-13-21(17-4-2-3-5-19(17)25)18-12-15(23)8-11-20(18)26-22(13)14-6-9-16(24)10-7-14/h2-12H,1H3. The molecule has 0 aliphatic heterocycles. The van der Waals surface area contributed by atoms with Crippen LogP contribution in [-0.4, -0.2) is 4.98 Å². The molecule has 0 N–H and O–H groups in total. The fourth-order valence-electron chi connectivity index (χ4n) is 3.23. The molecule has 0 aliphatic rings. The Morgan fingerprint density at radius 2 is 1.62 bits per heavy atom. The summed E-state index contributed by atoms with van der Waals surface area (Å²) in [5.41, 5.74) is 4.23. The zero-order valence-electron chi connectivity index (χ0n) is 13.9. The third-order valence-electron chi connectivity index (χ3n) is 4.45. The number of nitrogens with zero attached hydrogens (tertiary/aromatic N) is 1. The second kappa shape index (κ2) is 6.50. The Hall–Kier alpha value is -2.78. The highest BCUT2D eigenvalue weighted by Gasteiger charge is 2.17. The molecule has 1 heterocycles. The van der Waals surface area contributed by atoms with E-state index in [2.05, 4.69) is 0 Å². The number of pyridine rings is 1. The highest BCUT2D eigenvalue weighted by atomic mass is 35.5. The summed E-state index contributed by atoms with van der Waals surface area (Å²) in [6.07, 6.45) is 0. The van der Waals surface area contributed by atoms with Gasteiger partial charge in [0.2, 0.25) is 0 Å². The summed E-state index contributed by atoms with van der Waals surface area (Å²) in [5, 5.41) is 1.34. The van der Waals surface area contributed by atoms with Crippen LogP contribution in [0.15, 0.2) is 66.7 Å². The molecule has 4 aromatic rings. The van der Waals surface area contributed by atoms with E-state index in [0.717, 1.165) is 22.1 Å². The van der Waals surface area contributed by atoms with Gasteiger partial charge in [-0.2, -0.15) is 0 Å². The van der Waals surface area contributed by atoms with E-state index in [0.29, 0.717) is 21.8 Å². The van der Waals surface area contributed by atoms with Gasteiger partial charge >= 0.3 is 0 Å². The van der Waals surface area contributed by atoms with Crippen molar-refractivity contribution >= 4 is 22.5 Å². The van der Waals surface area contributed by atoms with Crippen molar-refractivity contribution in [3.05, 3.63) is 89.0 Å². The molecule has 0 radical (unpaired) electrons. The van der Waals surface area contributed by atoms with Crippen molar-refractivity contribution in [1.29, 1.82) is 0 Å². The zero-order chi connectivity index (χ0) is 18.3. The largest absolute Gasteiger partial charge is 0.247 e. The first kappa shape index (κ1) is 16.7. The van der Waals surface area contributed by atoms with Crippen molar-refractivity contribution < 1.29 is 8.78 Å². The van der Waals surface area contributed by atoms with Crippen molar-refractivity contribution in [2.45, 2.75) is 6.92 Å². The second-order valence-electron chi connectivity index (χ2n) is 6.11. The molecule has 0 atom stereocenters. The third-order valence-corrected chi connectivity index (χ3v) is 4.69. The van der Waals surface area contributed by atoms with E-state index in [4.69, 9.17) is 16.6 Å². The van der Waals surface area contributed by atoms with E-state index in [1.165, 1.54) is 18.2 Å². The average molecular weight is 366 g/mol. The molecular weight excluding hydrogens is 352 g/mol. The maximum Gasteiger partial charge on any atom is 0.131 e. The van der Waals surface area contributed by atoms with Crippen LogP contribution in [-0.2, 0) is 0 Å². The van der Waals surface area contributed by atoms with Gasteiger partial charge in [-0.3, -0.25) is 0 Å². The molecule has 0 saturated heterocycles. The molecule has 0 amide bonds. The fourth-order valence-corrected chi connectivity index (χ4v) is 3.40. The van der Waals surface area contributed by atoms with Crippen LogP contribution in [0.25, 0.3) is 33.3 Å². The maximum atomic E-state index is 14.6. The Kier molecular flexibility index (Phi) is 4.17. The number of hydrogen-bond acceptors (Lipinski definition) is 1. The van der Waals surface area contributed by atoms with Crippen molar-refractivity contribution in [3.8, 4) is 22.4 Å². The van der Waals surface area contributed by atoms with Crippen LogP contribution >= 0.6 is 11.6 Å². The summed E-state index contributed by atoms with van der Waals surface area (Å²) < 4.78 is 27.9. The van der Waals surface area contributed by atoms with Crippen LogP contribution in [0.4, 0.5) is 8.78 Å². The van der Waals surface area contributed by atoms with Gasteiger partial charge in [0.05, 0.1) is 11.2 Å². The van der Waals surface area contributed by atoms with Gasteiger partial charge in [-0.05, 0) is 66.6 Å². The molecule has 1 nitrogen and oxygen atoms in total. The molecule has 3 aromatic carbocycles. The molecule has 128 valence electrons. The minimum Gasteiger partial charge on any atom is -0.247 e.